The largest absolute Gasteiger partial charge is 0.481 e. The molecule has 0 saturated carbocycles. The van der Waals surface area contributed by atoms with Crippen LogP contribution in [0, 0.1) is 0 Å². The summed E-state index contributed by atoms with van der Waals surface area (Å²) in [5, 5.41) is 8.59. The number of hydrogen-bond acceptors (Lipinski definition) is 4. The molecule has 0 radical (unpaired) electrons. The molecule has 80 valence electrons. The van der Waals surface area contributed by atoms with E-state index in [1.165, 1.54) is 0 Å². The molecule has 0 aliphatic carbocycles. The second kappa shape index (κ2) is 4.06. The van der Waals surface area contributed by atoms with Crippen molar-refractivity contribution < 1.29 is 24.2 Å². The predicted octanol–water partition coefficient (Wildman–Crippen LogP) is 0.570. The zero-order valence-electron chi connectivity index (χ0n) is 8.23. The molecule has 1 aliphatic rings. The van der Waals surface area contributed by atoms with Gasteiger partial charge in [-0.3, -0.25) is 4.79 Å². The van der Waals surface area contributed by atoms with Crippen LogP contribution < -0.4 is 0 Å². The maximum atomic E-state index is 10.6. The monoisotopic (exact) mass is 202 g/mol. The molecule has 5 heteroatoms. The van der Waals surface area contributed by atoms with Crippen LogP contribution in [0.2, 0.25) is 0 Å². The third-order valence-electron chi connectivity index (χ3n) is 1.93. The Morgan fingerprint density at radius 3 is 2.71 bits per heavy atom. The van der Waals surface area contributed by atoms with Gasteiger partial charge in [-0.1, -0.05) is 0 Å². The highest BCUT2D eigenvalue weighted by Crippen LogP contribution is 2.27. The van der Waals surface area contributed by atoms with E-state index in [0.29, 0.717) is 12.7 Å². The molecule has 14 heavy (non-hydrogen) atoms. The van der Waals surface area contributed by atoms with Gasteiger partial charge in [0.25, 0.3) is 0 Å². The molecule has 0 bridgehead atoms. The molecule has 0 amide bonds. The fourth-order valence-corrected chi connectivity index (χ4v) is 1.55. The van der Waals surface area contributed by atoms with Crippen LogP contribution in [0.3, 0.4) is 0 Å². The van der Waals surface area contributed by atoms with E-state index in [-0.39, 0.29) is 6.42 Å². The molecule has 0 aromatic heterocycles. The molecule has 1 fully saturated rings. The minimum Gasteiger partial charge on any atom is -0.481 e. The number of carbonyl (C=O) groups excluding carboxylic acids is 1. The van der Waals surface area contributed by atoms with Crippen molar-refractivity contribution in [3.05, 3.63) is 0 Å². The molecule has 0 unspecified atom stereocenters. The molecule has 0 aromatic rings. The van der Waals surface area contributed by atoms with Crippen LogP contribution in [0.1, 0.15) is 26.7 Å². The van der Waals surface area contributed by atoms with Gasteiger partial charge in [-0.2, -0.15) is 0 Å². The quantitative estimate of drug-likeness (QED) is 0.677. The highest BCUT2D eigenvalue weighted by Gasteiger charge is 2.36. The van der Waals surface area contributed by atoms with E-state index >= 15 is 0 Å². The summed E-state index contributed by atoms with van der Waals surface area (Å²) in [4.78, 5) is 21.0. The summed E-state index contributed by atoms with van der Waals surface area (Å²) < 4.78 is 10.6. The summed E-state index contributed by atoms with van der Waals surface area (Å²) in [6.07, 6.45) is -0.135. The summed E-state index contributed by atoms with van der Waals surface area (Å²) in [6, 6.07) is 0. The third-order valence-corrected chi connectivity index (χ3v) is 1.93. The summed E-state index contributed by atoms with van der Waals surface area (Å²) in [7, 11) is 0. The molecule has 1 rings (SSSR count). The minimum atomic E-state index is -0.933. The second-order valence-corrected chi connectivity index (χ2v) is 3.77. The Labute approximate surface area is 82.0 Å². The highest BCUT2D eigenvalue weighted by molar-refractivity contribution is 5.67. The SMILES string of the molecule is CC1(C)O[C@H](CC(=O)O)C[C@H](C=O)O1. The number of carbonyl (C=O) groups is 2. The van der Waals surface area contributed by atoms with Gasteiger partial charge >= 0.3 is 5.97 Å². The second-order valence-electron chi connectivity index (χ2n) is 3.77. The van der Waals surface area contributed by atoms with Crippen molar-refractivity contribution in [3.63, 3.8) is 0 Å². The van der Waals surface area contributed by atoms with Gasteiger partial charge in [0.15, 0.2) is 5.79 Å². The first kappa shape index (κ1) is 11.1. The Kier molecular flexibility index (Phi) is 3.23. The van der Waals surface area contributed by atoms with Crippen LogP contribution in [0.25, 0.3) is 0 Å². The van der Waals surface area contributed by atoms with Crippen LogP contribution in [-0.4, -0.2) is 35.4 Å². The summed E-state index contributed by atoms with van der Waals surface area (Å²) in [5.74, 6) is -1.82. The van der Waals surface area contributed by atoms with E-state index in [1.54, 1.807) is 13.8 Å². The molecular weight excluding hydrogens is 188 g/mol. The van der Waals surface area contributed by atoms with Crippen molar-refractivity contribution in [1.82, 2.24) is 0 Å². The fraction of sp³-hybridized carbons (Fsp3) is 0.778. The van der Waals surface area contributed by atoms with Crippen LogP contribution in [0.5, 0.6) is 0 Å². The molecular formula is C9H14O5. The molecule has 0 spiro atoms. The smallest absolute Gasteiger partial charge is 0.305 e. The maximum absolute atomic E-state index is 10.6. The molecule has 0 aromatic carbocycles. The number of carboxylic acids is 1. The lowest BCUT2D eigenvalue weighted by Crippen LogP contribution is -2.45. The summed E-state index contributed by atoms with van der Waals surface area (Å²) >= 11 is 0. The van der Waals surface area contributed by atoms with Crippen LogP contribution in [-0.2, 0) is 19.1 Å². The van der Waals surface area contributed by atoms with Gasteiger partial charge in [0.05, 0.1) is 12.5 Å². The molecule has 1 heterocycles. The third kappa shape index (κ3) is 3.08. The van der Waals surface area contributed by atoms with Crippen molar-refractivity contribution in [2.45, 2.75) is 44.7 Å². The van der Waals surface area contributed by atoms with Crippen LogP contribution in [0.15, 0.2) is 0 Å². The first-order chi connectivity index (χ1) is 6.43. The minimum absolute atomic E-state index is 0.100. The molecule has 5 nitrogen and oxygen atoms in total. The number of ether oxygens (including phenoxy) is 2. The van der Waals surface area contributed by atoms with Gasteiger partial charge in [-0.05, 0) is 13.8 Å². The van der Waals surface area contributed by atoms with Gasteiger partial charge in [0, 0.05) is 6.42 Å². The zero-order valence-corrected chi connectivity index (χ0v) is 8.23. The molecule has 1 aliphatic heterocycles. The lowest BCUT2D eigenvalue weighted by molar-refractivity contribution is -0.291. The van der Waals surface area contributed by atoms with E-state index in [0.717, 1.165) is 0 Å². The van der Waals surface area contributed by atoms with E-state index in [4.69, 9.17) is 14.6 Å². The fourth-order valence-electron chi connectivity index (χ4n) is 1.55. The molecule has 2 atom stereocenters. The molecule has 1 saturated heterocycles. The first-order valence-corrected chi connectivity index (χ1v) is 4.45. The predicted molar refractivity (Wildman–Crippen MR) is 46.8 cm³/mol. The Balaban J connectivity index is 2.60. The summed E-state index contributed by atoms with van der Waals surface area (Å²) in [6.45, 7) is 3.33. The maximum Gasteiger partial charge on any atom is 0.305 e. The Morgan fingerprint density at radius 2 is 2.21 bits per heavy atom. The molecule has 1 N–H and O–H groups in total. The van der Waals surface area contributed by atoms with Gasteiger partial charge in [0.1, 0.15) is 12.4 Å². The highest BCUT2D eigenvalue weighted by atomic mass is 16.7. The van der Waals surface area contributed by atoms with E-state index < -0.39 is 24.0 Å². The Morgan fingerprint density at radius 1 is 1.57 bits per heavy atom. The van der Waals surface area contributed by atoms with E-state index in [2.05, 4.69) is 0 Å². The topological polar surface area (TPSA) is 72.8 Å². The van der Waals surface area contributed by atoms with Crippen molar-refractivity contribution in [1.29, 1.82) is 0 Å². The van der Waals surface area contributed by atoms with Gasteiger partial charge < -0.3 is 19.4 Å². The number of carboxylic acid groups (broad SMARTS) is 1. The number of hydrogen-bond donors (Lipinski definition) is 1. The summed E-state index contributed by atoms with van der Waals surface area (Å²) in [5.41, 5.74) is 0. The van der Waals surface area contributed by atoms with Crippen molar-refractivity contribution in [2.24, 2.45) is 0 Å². The lowest BCUT2D eigenvalue weighted by atomic mass is 10.1. The lowest BCUT2D eigenvalue weighted by Gasteiger charge is -2.38. The zero-order chi connectivity index (χ0) is 10.8. The van der Waals surface area contributed by atoms with Crippen LogP contribution >= 0.6 is 0 Å². The standard InChI is InChI=1S/C9H14O5/c1-9(2)13-6(4-8(11)12)3-7(5-10)14-9/h5-7H,3-4H2,1-2H3,(H,11,12)/t6-,7+/m0/s1. The van der Waals surface area contributed by atoms with Crippen molar-refractivity contribution in [3.8, 4) is 0 Å². The van der Waals surface area contributed by atoms with E-state index in [1.807, 2.05) is 0 Å². The van der Waals surface area contributed by atoms with Gasteiger partial charge in [-0.25, -0.2) is 0 Å². The average Bonchev–Trinajstić information content (AvgIpc) is 1.99. The number of rotatable bonds is 3. The number of aldehydes is 1. The Bertz CT molecular complexity index is 235. The van der Waals surface area contributed by atoms with Crippen molar-refractivity contribution in [2.75, 3.05) is 0 Å². The van der Waals surface area contributed by atoms with Gasteiger partial charge in [0.2, 0.25) is 0 Å². The van der Waals surface area contributed by atoms with Crippen molar-refractivity contribution >= 4 is 12.3 Å². The average molecular weight is 202 g/mol. The van der Waals surface area contributed by atoms with Crippen LogP contribution in [0.4, 0.5) is 0 Å². The number of aliphatic carboxylic acids is 1. The van der Waals surface area contributed by atoms with E-state index in [9.17, 15) is 9.59 Å². The normalized spacial score (nSPS) is 31.0. The Hall–Kier alpha value is -0.940. The van der Waals surface area contributed by atoms with Gasteiger partial charge in [-0.15, -0.1) is 0 Å². The first-order valence-electron chi connectivity index (χ1n) is 4.45.